The van der Waals surface area contributed by atoms with E-state index >= 15 is 0 Å². The summed E-state index contributed by atoms with van der Waals surface area (Å²) in [5, 5.41) is 7.12. The van der Waals surface area contributed by atoms with Crippen molar-refractivity contribution in [2.75, 3.05) is 0 Å². The second kappa shape index (κ2) is 5.18. The lowest BCUT2D eigenvalue weighted by Crippen LogP contribution is -2.12. The highest BCUT2D eigenvalue weighted by atomic mass is 32.1. The van der Waals surface area contributed by atoms with Gasteiger partial charge in [0.25, 0.3) is 0 Å². The lowest BCUT2D eigenvalue weighted by atomic mass is 10.2. The van der Waals surface area contributed by atoms with Crippen molar-refractivity contribution < 1.29 is 0 Å². The summed E-state index contributed by atoms with van der Waals surface area (Å²) in [6, 6.07) is 8.57. The van der Waals surface area contributed by atoms with Crippen LogP contribution in [-0.2, 0) is 13.1 Å². The first-order chi connectivity index (χ1) is 8.84. The van der Waals surface area contributed by atoms with E-state index < -0.39 is 0 Å². The van der Waals surface area contributed by atoms with E-state index in [0.29, 0.717) is 0 Å². The van der Waals surface area contributed by atoms with Crippen molar-refractivity contribution in [1.29, 1.82) is 0 Å². The van der Waals surface area contributed by atoms with Crippen LogP contribution in [0.4, 0.5) is 0 Å². The minimum Gasteiger partial charge on any atom is -0.308 e. The largest absolute Gasteiger partial charge is 0.308 e. The van der Waals surface area contributed by atoms with E-state index in [1.54, 1.807) is 11.3 Å². The van der Waals surface area contributed by atoms with Crippen molar-refractivity contribution in [2.24, 2.45) is 0 Å². The Balaban J connectivity index is 1.68. The number of hydrogen-bond donors (Lipinski definition) is 1. The number of thiophene rings is 1. The molecule has 2 aromatic heterocycles. The van der Waals surface area contributed by atoms with Crippen LogP contribution in [0.5, 0.6) is 0 Å². The van der Waals surface area contributed by atoms with E-state index in [9.17, 15) is 0 Å². The van der Waals surface area contributed by atoms with Crippen LogP contribution in [0.1, 0.15) is 16.1 Å². The molecule has 2 nitrogen and oxygen atoms in total. The molecular formula is C14H14N2S2. The first-order valence-corrected chi connectivity index (χ1v) is 7.65. The number of nitrogens with one attached hydrogen (secondary N) is 1. The van der Waals surface area contributed by atoms with E-state index in [2.05, 4.69) is 46.9 Å². The SMILES string of the molecule is Cc1ncsc1CNCc1csc2ccccc12. The molecule has 3 aromatic rings. The van der Waals surface area contributed by atoms with Crippen molar-refractivity contribution in [3.63, 3.8) is 0 Å². The number of aryl methyl sites for hydroxylation is 1. The van der Waals surface area contributed by atoms with Gasteiger partial charge in [-0.1, -0.05) is 18.2 Å². The smallest absolute Gasteiger partial charge is 0.0798 e. The third-order valence-corrected chi connectivity index (χ3v) is 4.95. The molecule has 1 N–H and O–H groups in total. The number of rotatable bonds is 4. The average molecular weight is 274 g/mol. The highest BCUT2D eigenvalue weighted by Crippen LogP contribution is 2.25. The van der Waals surface area contributed by atoms with Gasteiger partial charge in [-0.15, -0.1) is 22.7 Å². The van der Waals surface area contributed by atoms with Gasteiger partial charge in [0.2, 0.25) is 0 Å². The van der Waals surface area contributed by atoms with Gasteiger partial charge in [0.1, 0.15) is 0 Å². The number of hydrogen-bond acceptors (Lipinski definition) is 4. The van der Waals surface area contributed by atoms with Gasteiger partial charge in [-0.25, -0.2) is 4.98 Å². The molecule has 3 rings (SSSR count). The summed E-state index contributed by atoms with van der Waals surface area (Å²) in [7, 11) is 0. The number of nitrogens with zero attached hydrogens (tertiary/aromatic N) is 1. The Kier molecular flexibility index (Phi) is 3.41. The van der Waals surface area contributed by atoms with Gasteiger partial charge in [-0.2, -0.15) is 0 Å². The zero-order chi connectivity index (χ0) is 12.4. The minimum absolute atomic E-state index is 0.903. The number of thiazole rings is 1. The quantitative estimate of drug-likeness (QED) is 0.779. The molecular weight excluding hydrogens is 260 g/mol. The maximum atomic E-state index is 4.26. The standard InChI is InChI=1S/C14H14N2S2/c1-10-14(18-9-16-10)7-15-6-11-8-17-13-5-3-2-4-12(11)13/h2-5,8-9,15H,6-7H2,1H3. The summed E-state index contributed by atoms with van der Waals surface area (Å²) >= 11 is 3.53. The van der Waals surface area contributed by atoms with Gasteiger partial charge >= 0.3 is 0 Å². The molecule has 4 heteroatoms. The minimum atomic E-state index is 0.903. The van der Waals surface area contributed by atoms with Crippen LogP contribution in [0, 0.1) is 6.92 Å². The van der Waals surface area contributed by atoms with Crippen LogP contribution in [0.15, 0.2) is 35.2 Å². The van der Waals surface area contributed by atoms with Crippen LogP contribution in [0.3, 0.4) is 0 Å². The first-order valence-electron chi connectivity index (χ1n) is 5.89. The Hall–Kier alpha value is -1.23. The van der Waals surface area contributed by atoms with E-state index in [1.165, 1.54) is 20.5 Å². The average Bonchev–Trinajstić information content (AvgIpc) is 2.97. The van der Waals surface area contributed by atoms with E-state index in [-0.39, 0.29) is 0 Å². The zero-order valence-electron chi connectivity index (χ0n) is 10.1. The summed E-state index contributed by atoms with van der Waals surface area (Å²) in [6.45, 7) is 3.88. The second-order valence-corrected chi connectivity index (χ2v) is 6.07. The van der Waals surface area contributed by atoms with Crippen LogP contribution < -0.4 is 5.32 Å². The van der Waals surface area contributed by atoms with E-state index in [4.69, 9.17) is 0 Å². The topological polar surface area (TPSA) is 24.9 Å². The molecule has 0 radical (unpaired) electrons. The summed E-state index contributed by atoms with van der Waals surface area (Å²) in [5.74, 6) is 0. The molecule has 0 atom stereocenters. The molecule has 0 aliphatic rings. The van der Waals surface area contributed by atoms with Crippen LogP contribution in [0.25, 0.3) is 10.1 Å². The Labute approximate surface area is 114 Å². The second-order valence-electron chi connectivity index (χ2n) is 4.22. The molecule has 2 heterocycles. The van der Waals surface area contributed by atoms with Crippen molar-refractivity contribution >= 4 is 32.8 Å². The molecule has 0 fully saturated rings. The van der Waals surface area contributed by atoms with Gasteiger partial charge in [0.05, 0.1) is 11.2 Å². The van der Waals surface area contributed by atoms with Crippen LogP contribution in [0.2, 0.25) is 0 Å². The summed E-state index contributed by atoms with van der Waals surface area (Å²) in [5.41, 5.74) is 4.44. The Morgan fingerprint density at radius 3 is 2.89 bits per heavy atom. The summed E-state index contributed by atoms with van der Waals surface area (Å²) in [4.78, 5) is 5.59. The molecule has 0 saturated heterocycles. The van der Waals surface area contributed by atoms with Gasteiger partial charge in [0, 0.05) is 22.7 Å². The van der Waals surface area contributed by atoms with Crippen LogP contribution in [-0.4, -0.2) is 4.98 Å². The molecule has 0 aliphatic carbocycles. The maximum absolute atomic E-state index is 4.26. The predicted molar refractivity (Wildman–Crippen MR) is 79.2 cm³/mol. The molecule has 0 spiro atoms. The Morgan fingerprint density at radius 1 is 1.17 bits per heavy atom. The van der Waals surface area contributed by atoms with Gasteiger partial charge in [-0.3, -0.25) is 0 Å². The third-order valence-electron chi connectivity index (χ3n) is 3.01. The van der Waals surface area contributed by atoms with E-state index in [0.717, 1.165) is 18.8 Å². The fraction of sp³-hybridized carbons (Fsp3) is 0.214. The van der Waals surface area contributed by atoms with Gasteiger partial charge < -0.3 is 5.32 Å². The molecule has 92 valence electrons. The molecule has 0 amide bonds. The zero-order valence-corrected chi connectivity index (χ0v) is 11.8. The number of fused-ring (bicyclic) bond motifs is 1. The number of aromatic nitrogens is 1. The van der Waals surface area contributed by atoms with Crippen molar-refractivity contribution in [3.8, 4) is 0 Å². The normalized spacial score (nSPS) is 11.2. The van der Waals surface area contributed by atoms with E-state index in [1.807, 2.05) is 16.8 Å². The molecule has 0 saturated carbocycles. The fourth-order valence-electron chi connectivity index (χ4n) is 1.98. The molecule has 18 heavy (non-hydrogen) atoms. The van der Waals surface area contributed by atoms with Crippen molar-refractivity contribution in [3.05, 3.63) is 51.3 Å². The Bertz CT molecular complexity index is 654. The molecule has 0 unspecified atom stereocenters. The fourth-order valence-corrected chi connectivity index (χ4v) is 3.69. The molecule has 0 bridgehead atoms. The van der Waals surface area contributed by atoms with Gasteiger partial charge in [0.15, 0.2) is 0 Å². The van der Waals surface area contributed by atoms with Crippen molar-refractivity contribution in [1.82, 2.24) is 10.3 Å². The third kappa shape index (κ3) is 2.32. The van der Waals surface area contributed by atoms with Gasteiger partial charge in [-0.05, 0) is 29.3 Å². The Morgan fingerprint density at radius 2 is 2.06 bits per heavy atom. The highest BCUT2D eigenvalue weighted by Gasteiger charge is 2.04. The molecule has 1 aromatic carbocycles. The monoisotopic (exact) mass is 274 g/mol. The van der Waals surface area contributed by atoms with Crippen molar-refractivity contribution in [2.45, 2.75) is 20.0 Å². The lowest BCUT2D eigenvalue weighted by molar-refractivity contribution is 0.701. The maximum Gasteiger partial charge on any atom is 0.0798 e. The molecule has 0 aliphatic heterocycles. The predicted octanol–water partition coefficient (Wildman–Crippen LogP) is 3.96. The highest BCUT2D eigenvalue weighted by molar-refractivity contribution is 7.17. The number of benzene rings is 1. The summed E-state index contributed by atoms with van der Waals surface area (Å²) < 4.78 is 1.36. The summed E-state index contributed by atoms with van der Waals surface area (Å²) in [6.07, 6.45) is 0. The first kappa shape index (κ1) is 11.8. The lowest BCUT2D eigenvalue weighted by Gasteiger charge is -2.03. The van der Waals surface area contributed by atoms with Crippen LogP contribution >= 0.6 is 22.7 Å².